The molecule has 6 nitrogen and oxygen atoms in total. The van der Waals surface area contributed by atoms with Crippen molar-refractivity contribution in [3.63, 3.8) is 0 Å². The lowest BCUT2D eigenvalue weighted by molar-refractivity contribution is 0.312. The summed E-state index contributed by atoms with van der Waals surface area (Å²) >= 11 is 1.81. The number of anilines is 1. The van der Waals surface area contributed by atoms with Crippen molar-refractivity contribution in [1.29, 1.82) is 0 Å². The summed E-state index contributed by atoms with van der Waals surface area (Å²) in [6, 6.07) is 8.45. The quantitative estimate of drug-likeness (QED) is 0.553. The van der Waals surface area contributed by atoms with Crippen molar-refractivity contribution in [2.24, 2.45) is 4.99 Å². The van der Waals surface area contributed by atoms with E-state index in [0.29, 0.717) is 12.5 Å². The van der Waals surface area contributed by atoms with Gasteiger partial charge < -0.3 is 20.4 Å². The smallest absolute Gasteiger partial charge is 0.191 e. The van der Waals surface area contributed by atoms with Gasteiger partial charge >= 0.3 is 0 Å². The average molecular weight is 401 g/mol. The Bertz CT molecular complexity index is 737. The molecule has 0 aliphatic carbocycles. The Labute approximate surface area is 172 Å². The van der Waals surface area contributed by atoms with Crippen molar-refractivity contribution >= 4 is 23.1 Å². The maximum Gasteiger partial charge on any atom is 0.191 e. The molecule has 1 fully saturated rings. The van der Waals surface area contributed by atoms with Crippen molar-refractivity contribution in [3.8, 4) is 0 Å². The highest BCUT2D eigenvalue weighted by molar-refractivity contribution is 7.10. The fourth-order valence-corrected chi connectivity index (χ4v) is 4.07. The average Bonchev–Trinajstić information content (AvgIpc) is 3.26. The summed E-state index contributed by atoms with van der Waals surface area (Å²) in [4.78, 5) is 15.6. The van der Waals surface area contributed by atoms with Crippen LogP contribution in [0.15, 0.2) is 40.8 Å². The molecular formula is C21H32N6S. The van der Waals surface area contributed by atoms with Gasteiger partial charge in [0, 0.05) is 61.8 Å². The van der Waals surface area contributed by atoms with Crippen LogP contribution in [0, 0.1) is 0 Å². The maximum atomic E-state index is 4.83. The standard InChI is InChI=1S/C21H32N6S/c1-4-22-21(24-15-17(2)19-8-6-14-28-19)25-16-18-7-5-9-23-20(18)27-12-10-26(3)11-13-27/h5-9,14,17H,4,10-13,15-16H2,1-3H3,(H2,22,24,25). The van der Waals surface area contributed by atoms with E-state index in [9.17, 15) is 0 Å². The molecule has 152 valence electrons. The van der Waals surface area contributed by atoms with Gasteiger partial charge in [-0.2, -0.15) is 0 Å². The van der Waals surface area contributed by atoms with Crippen molar-refractivity contribution < 1.29 is 0 Å². The molecule has 1 saturated heterocycles. The minimum atomic E-state index is 0.461. The Kier molecular flexibility index (Phi) is 7.68. The van der Waals surface area contributed by atoms with Crippen molar-refractivity contribution in [3.05, 3.63) is 46.3 Å². The number of guanidine groups is 1. The minimum absolute atomic E-state index is 0.461. The van der Waals surface area contributed by atoms with Crippen LogP contribution < -0.4 is 15.5 Å². The van der Waals surface area contributed by atoms with Crippen LogP contribution in [0.3, 0.4) is 0 Å². The van der Waals surface area contributed by atoms with E-state index in [0.717, 1.165) is 51.0 Å². The van der Waals surface area contributed by atoms with Gasteiger partial charge in [-0.05, 0) is 31.5 Å². The molecule has 0 saturated carbocycles. The normalized spacial score (nSPS) is 16.8. The van der Waals surface area contributed by atoms with Gasteiger partial charge in [-0.25, -0.2) is 9.98 Å². The minimum Gasteiger partial charge on any atom is -0.357 e. The van der Waals surface area contributed by atoms with Crippen LogP contribution in [0.25, 0.3) is 0 Å². The number of hydrogen-bond acceptors (Lipinski definition) is 5. The van der Waals surface area contributed by atoms with E-state index < -0.39 is 0 Å². The summed E-state index contributed by atoms with van der Waals surface area (Å²) in [5.41, 5.74) is 1.18. The third-order valence-corrected chi connectivity index (χ3v) is 6.13. The highest BCUT2D eigenvalue weighted by Crippen LogP contribution is 2.20. The molecule has 1 unspecified atom stereocenters. The number of pyridine rings is 1. The molecule has 2 aromatic rings. The van der Waals surface area contributed by atoms with E-state index in [-0.39, 0.29) is 0 Å². The fourth-order valence-electron chi connectivity index (χ4n) is 3.28. The van der Waals surface area contributed by atoms with E-state index in [1.54, 1.807) is 11.3 Å². The van der Waals surface area contributed by atoms with Gasteiger partial charge in [0.2, 0.25) is 0 Å². The zero-order chi connectivity index (χ0) is 19.8. The summed E-state index contributed by atoms with van der Waals surface area (Å²) in [6.45, 7) is 10.9. The first-order valence-corrected chi connectivity index (χ1v) is 11.0. The van der Waals surface area contributed by atoms with E-state index in [1.165, 1.54) is 10.4 Å². The molecule has 7 heteroatoms. The Hall–Kier alpha value is -2.12. The van der Waals surface area contributed by atoms with Gasteiger partial charge in [-0.1, -0.05) is 19.1 Å². The lowest BCUT2D eigenvalue weighted by atomic mass is 10.1. The Morgan fingerprint density at radius 2 is 2.04 bits per heavy atom. The second-order valence-electron chi connectivity index (χ2n) is 7.27. The maximum absolute atomic E-state index is 4.83. The highest BCUT2D eigenvalue weighted by atomic mass is 32.1. The Balaban J connectivity index is 1.64. The number of nitrogens with zero attached hydrogens (tertiary/aromatic N) is 4. The Morgan fingerprint density at radius 1 is 1.21 bits per heavy atom. The topological polar surface area (TPSA) is 55.8 Å². The summed E-state index contributed by atoms with van der Waals surface area (Å²) in [5, 5.41) is 8.98. The molecule has 1 aliphatic rings. The van der Waals surface area contributed by atoms with Gasteiger partial charge in [-0.3, -0.25) is 0 Å². The second-order valence-corrected chi connectivity index (χ2v) is 8.25. The van der Waals surface area contributed by atoms with Crippen LogP contribution in [0.5, 0.6) is 0 Å². The van der Waals surface area contributed by atoms with Crippen molar-refractivity contribution in [2.75, 3.05) is 51.2 Å². The van der Waals surface area contributed by atoms with Gasteiger partial charge in [0.1, 0.15) is 5.82 Å². The van der Waals surface area contributed by atoms with E-state index >= 15 is 0 Å². The van der Waals surface area contributed by atoms with Gasteiger partial charge in [-0.15, -0.1) is 11.3 Å². The third kappa shape index (κ3) is 5.69. The highest BCUT2D eigenvalue weighted by Gasteiger charge is 2.17. The monoisotopic (exact) mass is 400 g/mol. The molecule has 0 radical (unpaired) electrons. The SMILES string of the molecule is CCNC(=NCc1cccnc1N1CCN(C)CC1)NCC(C)c1cccs1. The molecular weight excluding hydrogens is 368 g/mol. The lowest BCUT2D eigenvalue weighted by Crippen LogP contribution is -2.45. The third-order valence-electron chi connectivity index (χ3n) is 5.03. The van der Waals surface area contributed by atoms with Crippen LogP contribution in [-0.4, -0.2) is 62.2 Å². The van der Waals surface area contributed by atoms with Gasteiger partial charge in [0.05, 0.1) is 6.54 Å². The molecule has 2 N–H and O–H groups in total. The first kappa shape index (κ1) is 20.6. The van der Waals surface area contributed by atoms with E-state index in [1.807, 2.05) is 12.3 Å². The van der Waals surface area contributed by atoms with Crippen LogP contribution in [-0.2, 0) is 6.54 Å². The van der Waals surface area contributed by atoms with Crippen LogP contribution in [0.4, 0.5) is 5.82 Å². The number of aromatic nitrogens is 1. The molecule has 3 rings (SSSR count). The van der Waals surface area contributed by atoms with Crippen molar-refractivity contribution in [1.82, 2.24) is 20.5 Å². The number of aliphatic imine (C=N–C) groups is 1. The number of likely N-dealkylation sites (N-methyl/N-ethyl adjacent to an activating group) is 1. The van der Waals surface area contributed by atoms with E-state index in [4.69, 9.17) is 4.99 Å². The Morgan fingerprint density at radius 3 is 2.75 bits per heavy atom. The summed E-state index contributed by atoms with van der Waals surface area (Å²) in [7, 11) is 2.17. The number of rotatable bonds is 7. The molecule has 0 bridgehead atoms. The predicted molar refractivity (Wildman–Crippen MR) is 119 cm³/mol. The fraction of sp³-hybridized carbons (Fsp3) is 0.524. The molecule has 0 spiro atoms. The summed E-state index contributed by atoms with van der Waals surface area (Å²) < 4.78 is 0. The predicted octanol–water partition coefficient (Wildman–Crippen LogP) is 2.75. The number of thiophene rings is 1. The van der Waals surface area contributed by atoms with Crippen LogP contribution >= 0.6 is 11.3 Å². The van der Waals surface area contributed by atoms with Crippen LogP contribution in [0.2, 0.25) is 0 Å². The summed E-state index contributed by atoms with van der Waals surface area (Å²) in [6.07, 6.45) is 1.88. The van der Waals surface area contributed by atoms with Crippen molar-refractivity contribution in [2.45, 2.75) is 26.3 Å². The van der Waals surface area contributed by atoms with E-state index in [2.05, 4.69) is 69.9 Å². The first-order chi connectivity index (χ1) is 13.7. The number of hydrogen-bond donors (Lipinski definition) is 2. The van der Waals surface area contributed by atoms with Crippen LogP contribution in [0.1, 0.15) is 30.2 Å². The molecule has 1 aliphatic heterocycles. The number of nitrogens with one attached hydrogen (secondary N) is 2. The molecule has 1 atom stereocenters. The second kappa shape index (κ2) is 10.4. The van der Waals surface area contributed by atoms with Gasteiger partial charge in [0.25, 0.3) is 0 Å². The first-order valence-electron chi connectivity index (χ1n) is 10.1. The van der Waals surface area contributed by atoms with Gasteiger partial charge in [0.15, 0.2) is 5.96 Å². The molecule has 28 heavy (non-hydrogen) atoms. The lowest BCUT2D eigenvalue weighted by Gasteiger charge is -2.34. The largest absolute Gasteiger partial charge is 0.357 e. The zero-order valence-corrected chi connectivity index (χ0v) is 18.0. The zero-order valence-electron chi connectivity index (χ0n) is 17.2. The molecule has 3 heterocycles. The summed E-state index contributed by atoms with van der Waals surface area (Å²) in [5.74, 6) is 2.39. The molecule has 0 amide bonds. The number of piperazine rings is 1. The molecule has 0 aromatic carbocycles. The molecule has 2 aromatic heterocycles.